The van der Waals surface area contributed by atoms with E-state index in [0.29, 0.717) is 0 Å². The van der Waals surface area contributed by atoms with Crippen LogP contribution in [0.4, 0.5) is 0 Å². The van der Waals surface area contributed by atoms with Crippen LogP contribution in [0, 0.1) is 23.7 Å². The summed E-state index contributed by atoms with van der Waals surface area (Å²) in [7, 11) is 0. The molecule has 0 amide bonds. The maximum Gasteiger partial charge on any atom is 0.0140 e. The Morgan fingerprint density at radius 2 is 1.84 bits per heavy atom. The third kappa shape index (κ3) is 2.58. The third-order valence-corrected chi connectivity index (χ3v) is 6.33. The molecule has 3 fully saturated rings. The van der Waals surface area contributed by atoms with E-state index in [2.05, 4.69) is 31.0 Å². The van der Waals surface area contributed by atoms with E-state index >= 15 is 0 Å². The van der Waals surface area contributed by atoms with E-state index in [1.165, 1.54) is 51.7 Å². The Balaban J connectivity index is 1.60. The summed E-state index contributed by atoms with van der Waals surface area (Å²) in [6, 6.07) is 1.78. The highest BCUT2D eigenvalue weighted by Crippen LogP contribution is 2.40. The quantitative estimate of drug-likeness (QED) is 0.842. The Morgan fingerprint density at radius 3 is 2.47 bits per heavy atom. The normalized spacial score (nSPS) is 43.9. The fourth-order valence-electron chi connectivity index (χ4n) is 5.11. The van der Waals surface area contributed by atoms with Gasteiger partial charge in [-0.25, -0.2) is 0 Å². The molecule has 2 nitrogen and oxygen atoms in total. The van der Waals surface area contributed by atoms with E-state index in [1.54, 1.807) is 0 Å². The monoisotopic (exact) mass is 264 g/mol. The van der Waals surface area contributed by atoms with Gasteiger partial charge in [-0.1, -0.05) is 20.8 Å². The van der Waals surface area contributed by atoms with Gasteiger partial charge in [-0.15, -0.1) is 0 Å². The second-order valence-corrected chi connectivity index (χ2v) is 7.57. The van der Waals surface area contributed by atoms with Crippen molar-refractivity contribution in [3.63, 3.8) is 0 Å². The van der Waals surface area contributed by atoms with Gasteiger partial charge < -0.3 is 5.32 Å². The third-order valence-electron chi connectivity index (χ3n) is 6.33. The number of hydrogen-bond donors (Lipinski definition) is 1. The second kappa shape index (κ2) is 5.73. The zero-order valence-electron chi connectivity index (χ0n) is 13.1. The molecule has 3 aliphatic rings. The topological polar surface area (TPSA) is 15.3 Å². The fraction of sp³-hybridized carbons (Fsp3) is 1.00. The van der Waals surface area contributed by atoms with Crippen LogP contribution in [0.5, 0.6) is 0 Å². The Kier molecular flexibility index (Phi) is 4.19. The highest BCUT2D eigenvalue weighted by molar-refractivity contribution is 5.00. The molecule has 2 heteroatoms. The van der Waals surface area contributed by atoms with Gasteiger partial charge in [0, 0.05) is 18.6 Å². The highest BCUT2D eigenvalue weighted by atomic mass is 15.2. The van der Waals surface area contributed by atoms with Crippen LogP contribution in [-0.2, 0) is 0 Å². The number of nitrogens with one attached hydrogen (secondary N) is 1. The SMILES string of the molecule is CCC1C2CNCC2CN1C1CCC(C(C)C)CC1. The zero-order valence-corrected chi connectivity index (χ0v) is 13.1. The first kappa shape index (κ1) is 13.9. The molecule has 2 saturated heterocycles. The Morgan fingerprint density at radius 1 is 1.11 bits per heavy atom. The molecule has 0 spiro atoms. The van der Waals surface area contributed by atoms with Gasteiger partial charge in [0.2, 0.25) is 0 Å². The fourth-order valence-corrected chi connectivity index (χ4v) is 5.11. The van der Waals surface area contributed by atoms with Crippen LogP contribution in [0.1, 0.15) is 52.9 Å². The second-order valence-electron chi connectivity index (χ2n) is 7.57. The van der Waals surface area contributed by atoms with Crippen molar-refractivity contribution in [2.75, 3.05) is 19.6 Å². The maximum absolute atomic E-state index is 3.61. The molecule has 1 aliphatic carbocycles. The molecule has 3 atom stereocenters. The standard InChI is InChI=1S/C17H32N2/c1-4-17-16-10-18-9-14(16)11-19(17)15-7-5-13(6-8-15)12(2)3/h12-18H,4-11H2,1-3H3. The lowest BCUT2D eigenvalue weighted by molar-refractivity contribution is 0.0983. The van der Waals surface area contributed by atoms with Crippen LogP contribution in [0.25, 0.3) is 0 Å². The zero-order chi connectivity index (χ0) is 13.4. The molecule has 1 saturated carbocycles. The molecule has 0 aromatic carbocycles. The molecular weight excluding hydrogens is 232 g/mol. The van der Waals surface area contributed by atoms with E-state index in [4.69, 9.17) is 0 Å². The van der Waals surface area contributed by atoms with E-state index < -0.39 is 0 Å². The first-order valence-corrected chi connectivity index (χ1v) is 8.67. The Bertz CT molecular complexity index is 294. The van der Waals surface area contributed by atoms with Crippen LogP contribution in [0.15, 0.2) is 0 Å². The minimum Gasteiger partial charge on any atom is -0.316 e. The summed E-state index contributed by atoms with van der Waals surface area (Å²) in [6.07, 6.45) is 7.23. The van der Waals surface area contributed by atoms with Crippen molar-refractivity contribution in [1.82, 2.24) is 10.2 Å². The lowest BCUT2D eigenvalue weighted by Gasteiger charge is -2.39. The van der Waals surface area contributed by atoms with E-state index in [0.717, 1.165) is 35.8 Å². The number of fused-ring (bicyclic) bond motifs is 1. The minimum atomic E-state index is 0.876. The van der Waals surface area contributed by atoms with Crippen LogP contribution in [0.3, 0.4) is 0 Å². The molecule has 0 radical (unpaired) electrons. The smallest absolute Gasteiger partial charge is 0.0140 e. The summed E-state index contributed by atoms with van der Waals surface area (Å²) in [5.41, 5.74) is 0. The van der Waals surface area contributed by atoms with Crippen LogP contribution >= 0.6 is 0 Å². The molecule has 1 N–H and O–H groups in total. The summed E-state index contributed by atoms with van der Waals surface area (Å²) in [5.74, 6) is 3.80. The predicted octanol–water partition coefficient (Wildman–Crippen LogP) is 3.13. The van der Waals surface area contributed by atoms with Crippen molar-refractivity contribution in [3.05, 3.63) is 0 Å². The van der Waals surface area contributed by atoms with Crippen molar-refractivity contribution < 1.29 is 0 Å². The van der Waals surface area contributed by atoms with Gasteiger partial charge in [-0.05, 0) is 68.9 Å². The molecule has 0 bridgehead atoms. The molecule has 0 aromatic rings. The van der Waals surface area contributed by atoms with Gasteiger partial charge in [0.25, 0.3) is 0 Å². The maximum atomic E-state index is 3.61. The van der Waals surface area contributed by atoms with Crippen molar-refractivity contribution in [1.29, 1.82) is 0 Å². The molecule has 3 rings (SSSR count). The number of likely N-dealkylation sites (tertiary alicyclic amines) is 1. The molecule has 110 valence electrons. The minimum absolute atomic E-state index is 0.876. The van der Waals surface area contributed by atoms with Crippen molar-refractivity contribution >= 4 is 0 Å². The van der Waals surface area contributed by atoms with Crippen molar-refractivity contribution in [3.8, 4) is 0 Å². The number of rotatable bonds is 3. The Labute approximate surface area is 119 Å². The van der Waals surface area contributed by atoms with Crippen LogP contribution < -0.4 is 5.32 Å². The lowest BCUT2D eigenvalue weighted by Crippen LogP contribution is -2.44. The molecule has 2 aliphatic heterocycles. The van der Waals surface area contributed by atoms with E-state index in [9.17, 15) is 0 Å². The molecule has 19 heavy (non-hydrogen) atoms. The van der Waals surface area contributed by atoms with Crippen LogP contribution in [-0.4, -0.2) is 36.6 Å². The van der Waals surface area contributed by atoms with Crippen molar-refractivity contribution in [2.45, 2.75) is 65.0 Å². The molecule has 3 unspecified atom stereocenters. The summed E-state index contributed by atoms with van der Waals surface area (Å²) in [6.45, 7) is 11.2. The summed E-state index contributed by atoms with van der Waals surface area (Å²) < 4.78 is 0. The van der Waals surface area contributed by atoms with E-state index in [-0.39, 0.29) is 0 Å². The van der Waals surface area contributed by atoms with Gasteiger partial charge in [-0.3, -0.25) is 4.90 Å². The Hall–Kier alpha value is -0.0800. The van der Waals surface area contributed by atoms with Gasteiger partial charge >= 0.3 is 0 Å². The predicted molar refractivity (Wildman–Crippen MR) is 81.2 cm³/mol. The average Bonchev–Trinajstić information content (AvgIpc) is 2.98. The van der Waals surface area contributed by atoms with Crippen LogP contribution in [0.2, 0.25) is 0 Å². The summed E-state index contributed by atoms with van der Waals surface area (Å²) >= 11 is 0. The first-order valence-electron chi connectivity index (χ1n) is 8.67. The van der Waals surface area contributed by atoms with Gasteiger partial charge in [0.05, 0.1) is 0 Å². The molecule has 2 heterocycles. The average molecular weight is 264 g/mol. The molecular formula is C17H32N2. The molecule has 0 aromatic heterocycles. The summed E-state index contributed by atoms with van der Waals surface area (Å²) in [4.78, 5) is 2.92. The largest absolute Gasteiger partial charge is 0.316 e. The van der Waals surface area contributed by atoms with Gasteiger partial charge in [0.1, 0.15) is 0 Å². The van der Waals surface area contributed by atoms with Crippen molar-refractivity contribution in [2.24, 2.45) is 23.7 Å². The van der Waals surface area contributed by atoms with Gasteiger partial charge in [-0.2, -0.15) is 0 Å². The first-order chi connectivity index (χ1) is 9.20. The number of nitrogens with zero attached hydrogens (tertiary/aromatic N) is 1. The van der Waals surface area contributed by atoms with Gasteiger partial charge in [0.15, 0.2) is 0 Å². The van der Waals surface area contributed by atoms with E-state index in [1.807, 2.05) is 0 Å². The number of hydrogen-bond acceptors (Lipinski definition) is 2. The highest BCUT2D eigenvalue weighted by Gasteiger charge is 2.45. The summed E-state index contributed by atoms with van der Waals surface area (Å²) in [5, 5.41) is 3.61. The lowest BCUT2D eigenvalue weighted by atomic mass is 9.79.